The highest BCUT2D eigenvalue weighted by molar-refractivity contribution is 5.44. The number of alkyl halides is 3. The largest absolute Gasteiger partial charge is 0.417 e. The Morgan fingerprint density at radius 1 is 1.50 bits per heavy atom. The molecule has 0 aromatic carbocycles. The van der Waals surface area contributed by atoms with Crippen molar-refractivity contribution in [1.29, 1.82) is 5.26 Å². The van der Waals surface area contributed by atoms with Crippen LogP contribution in [0.15, 0.2) is 36.1 Å². The van der Waals surface area contributed by atoms with E-state index >= 15 is 0 Å². The number of halogens is 3. The monoisotopic (exact) mass is 202 g/mol. The van der Waals surface area contributed by atoms with Gasteiger partial charge in [-0.3, -0.25) is 0 Å². The third kappa shape index (κ3) is 3.35. The molecule has 0 atom stereocenters. The number of nitriles is 1. The number of rotatable bonds is 3. The highest BCUT2D eigenvalue weighted by Crippen LogP contribution is 2.29. The predicted molar refractivity (Wildman–Crippen MR) is 47.1 cm³/mol. The Balaban J connectivity index is 5.27. The van der Waals surface area contributed by atoms with Gasteiger partial charge in [-0.25, -0.2) is 0 Å². The van der Waals surface area contributed by atoms with E-state index < -0.39 is 17.3 Å². The summed E-state index contributed by atoms with van der Waals surface area (Å²) in [6, 6.07) is 1.46. The quantitative estimate of drug-likeness (QED) is 0.563. The highest BCUT2D eigenvalue weighted by Gasteiger charge is 2.33. The minimum Gasteiger partial charge on any atom is -0.394 e. The lowest BCUT2D eigenvalue weighted by Gasteiger charge is -2.07. The molecule has 0 saturated heterocycles. The van der Waals surface area contributed by atoms with E-state index in [1.165, 1.54) is 19.3 Å². The maximum atomic E-state index is 12.3. The van der Waals surface area contributed by atoms with Gasteiger partial charge in [-0.1, -0.05) is 12.7 Å². The molecule has 0 aliphatic rings. The van der Waals surface area contributed by atoms with Crippen molar-refractivity contribution in [3.8, 4) is 6.07 Å². The van der Waals surface area contributed by atoms with Crippen LogP contribution in [-0.2, 0) is 0 Å². The smallest absolute Gasteiger partial charge is 0.394 e. The summed E-state index contributed by atoms with van der Waals surface area (Å²) in [6.07, 6.45) is -1.64. The van der Waals surface area contributed by atoms with E-state index in [0.29, 0.717) is 6.08 Å². The van der Waals surface area contributed by atoms with Gasteiger partial charge in [0.15, 0.2) is 0 Å². The van der Waals surface area contributed by atoms with Crippen molar-refractivity contribution in [2.45, 2.75) is 6.18 Å². The van der Waals surface area contributed by atoms with Gasteiger partial charge in [-0.15, -0.1) is 0 Å². The normalized spacial score (nSPS) is 13.4. The Morgan fingerprint density at radius 3 is 2.36 bits per heavy atom. The van der Waals surface area contributed by atoms with Crippen LogP contribution >= 0.6 is 0 Å². The third-order valence-corrected chi connectivity index (χ3v) is 1.34. The highest BCUT2D eigenvalue weighted by atomic mass is 19.4. The van der Waals surface area contributed by atoms with Crippen LogP contribution in [0.2, 0.25) is 0 Å². The molecule has 76 valence electrons. The van der Waals surface area contributed by atoms with Crippen molar-refractivity contribution < 1.29 is 13.2 Å². The molecule has 0 bridgehead atoms. The fourth-order valence-corrected chi connectivity index (χ4v) is 0.732. The average Bonchev–Trinajstić information content (AvgIpc) is 2.09. The summed E-state index contributed by atoms with van der Waals surface area (Å²) in [5.41, 5.74) is -1.51. The Hall–Kier alpha value is -1.70. The van der Waals surface area contributed by atoms with E-state index in [1.54, 1.807) is 0 Å². The minimum absolute atomic E-state index is 0.471. The first-order valence-electron chi connectivity index (χ1n) is 3.65. The van der Waals surface area contributed by atoms with Crippen LogP contribution in [0.5, 0.6) is 0 Å². The molecule has 2 nitrogen and oxygen atoms in total. The zero-order chi connectivity index (χ0) is 11.2. The first-order valence-corrected chi connectivity index (χ1v) is 3.65. The van der Waals surface area contributed by atoms with Crippen LogP contribution in [-0.4, -0.2) is 13.2 Å². The average molecular weight is 202 g/mol. The molecule has 0 radical (unpaired) electrons. The number of hydrogen-bond donors (Lipinski definition) is 1. The fraction of sp³-hybridized carbons (Fsp3) is 0.222. The van der Waals surface area contributed by atoms with Crippen molar-refractivity contribution in [2.24, 2.45) is 0 Å². The van der Waals surface area contributed by atoms with Gasteiger partial charge >= 0.3 is 6.18 Å². The summed E-state index contributed by atoms with van der Waals surface area (Å²) < 4.78 is 36.8. The molecule has 0 unspecified atom stereocenters. The molecule has 1 N–H and O–H groups in total. The summed E-state index contributed by atoms with van der Waals surface area (Å²) in [6.45, 7) is 3.02. The molecule has 0 spiro atoms. The van der Waals surface area contributed by atoms with Crippen LogP contribution in [0.1, 0.15) is 0 Å². The Bertz CT molecular complexity index is 305. The molecular weight excluding hydrogens is 193 g/mol. The van der Waals surface area contributed by atoms with Gasteiger partial charge in [0.25, 0.3) is 0 Å². The molecule has 0 aliphatic carbocycles. The molecule has 0 saturated carbocycles. The van der Waals surface area contributed by atoms with E-state index in [9.17, 15) is 13.2 Å². The first-order chi connectivity index (χ1) is 6.47. The van der Waals surface area contributed by atoms with Gasteiger partial charge in [-0.05, 0) is 12.3 Å². The zero-order valence-corrected chi connectivity index (χ0v) is 7.52. The van der Waals surface area contributed by atoms with E-state index in [-0.39, 0.29) is 0 Å². The third-order valence-electron chi connectivity index (χ3n) is 1.34. The van der Waals surface area contributed by atoms with Crippen molar-refractivity contribution >= 4 is 0 Å². The van der Waals surface area contributed by atoms with Gasteiger partial charge in [-0.2, -0.15) is 18.4 Å². The molecular formula is C9H9F3N2. The van der Waals surface area contributed by atoms with Crippen molar-refractivity contribution in [1.82, 2.24) is 5.32 Å². The van der Waals surface area contributed by atoms with E-state index in [0.717, 1.165) is 6.08 Å². The molecule has 0 heterocycles. The van der Waals surface area contributed by atoms with Gasteiger partial charge < -0.3 is 5.32 Å². The fourth-order valence-electron chi connectivity index (χ4n) is 0.732. The summed E-state index contributed by atoms with van der Waals surface area (Å²) >= 11 is 0. The second-order valence-corrected chi connectivity index (χ2v) is 2.26. The minimum atomic E-state index is -4.55. The second-order valence-electron chi connectivity index (χ2n) is 2.26. The number of allylic oxidation sites excluding steroid dienone is 4. The summed E-state index contributed by atoms with van der Waals surface area (Å²) in [7, 11) is 1.52. The topological polar surface area (TPSA) is 35.8 Å². The molecule has 14 heavy (non-hydrogen) atoms. The van der Waals surface area contributed by atoms with Crippen molar-refractivity contribution in [2.75, 3.05) is 7.05 Å². The number of nitrogens with zero attached hydrogens (tertiary/aromatic N) is 1. The number of nitrogens with one attached hydrogen (secondary N) is 1. The molecule has 0 aromatic heterocycles. The van der Waals surface area contributed by atoms with Gasteiger partial charge in [0.2, 0.25) is 0 Å². The predicted octanol–water partition coefficient (Wildman–Crippen LogP) is 2.29. The van der Waals surface area contributed by atoms with Crippen molar-refractivity contribution in [3.05, 3.63) is 36.1 Å². The van der Waals surface area contributed by atoms with Gasteiger partial charge in [0, 0.05) is 7.05 Å². The second kappa shape index (κ2) is 5.12. The van der Waals surface area contributed by atoms with E-state index in [2.05, 4.69) is 11.9 Å². The lowest BCUT2D eigenvalue weighted by Crippen LogP contribution is -2.11. The maximum Gasteiger partial charge on any atom is 0.417 e. The zero-order valence-electron chi connectivity index (χ0n) is 7.52. The van der Waals surface area contributed by atoms with Crippen LogP contribution in [0, 0.1) is 11.3 Å². The maximum absolute atomic E-state index is 12.3. The van der Waals surface area contributed by atoms with E-state index in [4.69, 9.17) is 5.26 Å². The lowest BCUT2D eigenvalue weighted by atomic mass is 10.1. The van der Waals surface area contributed by atoms with Gasteiger partial charge in [0.05, 0.1) is 17.2 Å². The van der Waals surface area contributed by atoms with E-state index in [1.807, 2.05) is 0 Å². The summed E-state index contributed by atoms with van der Waals surface area (Å²) in [5.74, 6) is 0. The molecule has 5 heteroatoms. The molecule has 0 rings (SSSR count). The summed E-state index contributed by atoms with van der Waals surface area (Å²) in [4.78, 5) is 0. The van der Waals surface area contributed by atoms with Crippen LogP contribution in [0.3, 0.4) is 0 Å². The van der Waals surface area contributed by atoms with Crippen LogP contribution in [0.25, 0.3) is 0 Å². The Labute approximate surface area is 80.0 Å². The SMILES string of the molecule is C=C/C(=C(C#N)\C=C/NC)C(F)(F)F. The van der Waals surface area contributed by atoms with Crippen molar-refractivity contribution in [3.63, 3.8) is 0 Å². The summed E-state index contributed by atoms with van der Waals surface area (Å²) in [5, 5.41) is 11.0. The Morgan fingerprint density at radius 2 is 2.07 bits per heavy atom. The first kappa shape index (κ1) is 12.3. The van der Waals surface area contributed by atoms with Crippen LogP contribution < -0.4 is 5.32 Å². The molecule has 0 aliphatic heterocycles. The van der Waals surface area contributed by atoms with Crippen LogP contribution in [0.4, 0.5) is 13.2 Å². The Kier molecular flexibility index (Phi) is 4.50. The molecule has 0 fully saturated rings. The number of hydrogen-bond acceptors (Lipinski definition) is 2. The molecule has 0 aromatic rings. The standard InChI is InChI=1S/C9H9F3N2/c1-3-8(9(10,11)12)7(6-13)4-5-14-2/h3-5,14H,1H2,2H3/b5-4-,8-7-. The van der Waals surface area contributed by atoms with Gasteiger partial charge in [0.1, 0.15) is 0 Å². The lowest BCUT2D eigenvalue weighted by molar-refractivity contribution is -0.0885. The molecule has 0 amide bonds.